The monoisotopic (exact) mass is 245 g/mol. The van der Waals surface area contributed by atoms with Crippen LogP contribution in [0.5, 0.6) is 5.75 Å². The molecule has 0 aliphatic heterocycles. The average Bonchev–Trinajstić information content (AvgIpc) is 2.18. The first-order chi connectivity index (χ1) is 7.49. The van der Waals surface area contributed by atoms with E-state index in [0.717, 1.165) is 0 Å². The van der Waals surface area contributed by atoms with Crippen molar-refractivity contribution in [1.29, 1.82) is 0 Å². The number of phenolic OH excluding ortho intramolecular Hbond substituents is 1. The minimum absolute atomic E-state index is 0.0634. The summed E-state index contributed by atoms with van der Waals surface area (Å²) in [5.41, 5.74) is 0.508. The van der Waals surface area contributed by atoms with E-state index in [4.69, 9.17) is 0 Å². The zero-order valence-electron chi connectivity index (χ0n) is 9.37. The van der Waals surface area contributed by atoms with Gasteiger partial charge in [0.2, 0.25) is 0 Å². The van der Waals surface area contributed by atoms with Gasteiger partial charge in [-0.2, -0.15) is 0 Å². The van der Waals surface area contributed by atoms with E-state index in [1.54, 1.807) is 6.26 Å². The van der Waals surface area contributed by atoms with E-state index in [0.29, 0.717) is 17.9 Å². The maximum atomic E-state index is 12.9. The number of hydrogen-bond acceptors (Lipinski definition) is 3. The van der Waals surface area contributed by atoms with E-state index < -0.39 is 10.8 Å². The molecule has 3 nitrogen and oxygen atoms in total. The van der Waals surface area contributed by atoms with Crippen molar-refractivity contribution in [2.75, 3.05) is 12.0 Å². The summed E-state index contributed by atoms with van der Waals surface area (Å²) in [7, 11) is -0.862. The van der Waals surface area contributed by atoms with Crippen molar-refractivity contribution in [3.05, 3.63) is 29.6 Å². The number of halogens is 1. The lowest BCUT2D eigenvalue weighted by molar-refractivity contribution is 0.458. The molecule has 2 unspecified atom stereocenters. The van der Waals surface area contributed by atoms with Gasteiger partial charge in [0.05, 0.1) is 0 Å². The Hall–Kier alpha value is -0.940. The topological polar surface area (TPSA) is 49.3 Å². The van der Waals surface area contributed by atoms with Crippen molar-refractivity contribution in [2.24, 2.45) is 0 Å². The second-order valence-electron chi connectivity index (χ2n) is 3.79. The Bertz CT molecular complexity index is 384. The van der Waals surface area contributed by atoms with Gasteiger partial charge in [-0.05, 0) is 25.1 Å². The number of aromatic hydroxyl groups is 1. The quantitative estimate of drug-likeness (QED) is 0.824. The summed E-state index contributed by atoms with van der Waals surface area (Å²) >= 11 is 0. The maximum absolute atomic E-state index is 12.9. The lowest BCUT2D eigenvalue weighted by atomic mass is 10.2. The van der Waals surface area contributed by atoms with Crippen LogP contribution >= 0.6 is 0 Å². The molecule has 0 fully saturated rings. The molecule has 1 aromatic rings. The van der Waals surface area contributed by atoms with Crippen LogP contribution < -0.4 is 5.32 Å². The van der Waals surface area contributed by atoms with Gasteiger partial charge in [-0.15, -0.1) is 0 Å². The molecule has 0 radical (unpaired) electrons. The Morgan fingerprint density at radius 3 is 2.88 bits per heavy atom. The van der Waals surface area contributed by atoms with Crippen LogP contribution in [0.2, 0.25) is 0 Å². The zero-order chi connectivity index (χ0) is 12.1. The van der Waals surface area contributed by atoms with Crippen molar-refractivity contribution in [1.82, 2.24) is 5.32 Å². The van der Waals surface area contributed by atoms with Gasteiger partial charge in [0.1, 0.15) is 11.6 Å². The molecule has 1 aromatic carbocycles. The average molecular weight is 245 g/mol. The van der Waals surface area contributed by atoms with Crippen LogP contribution in [0.4, 0.5) is 4.39 Å². The molecule has 0 amide bonds. The largest absolute Gasteiger partial charge is 0.508 e. The third-order valence-electron chi connectivity index (χ3n) is 2.17. The van der Waals surface area contributed by atoms with Crippen LogP contribution in [-0.2, 0) is 17.3 Å². The molecule has 0 aromatic heterocycles. The van der Waals surface area contributed by atoms with E-state index >= 15 is 0 Å². The molecule has 0 aliphatic carbocycles. The molecule has 0 spiro atoms. The van der Waals surface area contributed by atoms with Crippen LogP contribution in [0.3, 0.4) is 0 Å². The van der Waals surface area contributed by atoms with Crippen LogP contribution in [0.1, 0.15) is 12.5 Å². The maximum Gasteiger partial charge on any atom is 0.123 e. The number of rotatable bonds is 5. The molecule has 0 bridgehead atoms. The van der Waals surface area contributed by atoms with Gasteiger partial charge in [-0.3, -0.25) is 4.21 Å². The van der Waals surface area contributed by atoms with Gasteiger partial charge < -0.3 is 10.4 Å². The Balaban J connectivity index is 2.54. The minimum atomic E-state index is -0.862. The van der Waals surface area contributed by atoms with Crippen molar-refractivity contribution < 1.29 is 13.7 Å². The van der Waals surface area contributed by atoms with Gasteiger partial charge in [0.25, 0.3) is 0 Å². The summed E-state index contributed by atoms with van der Waals surface area (Å²) in [6.45, 7) is 2.26. The summed E-state index contributed by atoms with van der Waals surface area (Å²) in [4.78, 5) is 0. The highest BCUT2D eigenvalue weighted by molar-refractivity contribution is 7.84. The summed E-state index contributed by atoms with van der Waals surface area (Å²) in [5, 5.41) is 12.5. The van der Waals surface area contributed by atoms with E-state index in [-0.39, 0.29) is 17.6 Å². The van der Waals surface area contributed by atoms with Crippen LogP contribution in [0.15, 0.2) is 18.2 Å². The first-order valence-electron chi connectivity index (χ1n) is 5.00. The number of benzene rings is 1. The minimum Gasteiger partial charge on any atom is -0.508 e. The summed E-state index contributed by atoms with van der Waals surface area (Å²) in [5.74, 6) is 0.232. The SMILES string of the molecule is CC(CS(C)=O)NCc1cc(F)ccc1O. The molecule has 0 saturated carbocycles. The molecule has 2 N–H and O–H groups in total. The van der Waals surface area contributed by atoms with Crippen molar-refractivity contribution in [3.8, 4) is 5.75 Å². The smallest absolute Gasteiger partial charge is 0.123 e. The van der Waals surface area contributed by atoms with Gasteiger partial charge in [0.15, 0.2) is 0 Å². The predicted molar refractivity (Wildman–Crippen MR) is 63.3 cm³/mol. The predicted octanol–water partition coefficient (Wildman–Crippen LogP) is 1.39. The Labute approximate surface area is 97.1 Å². The van der Waals surface area contributed by atoms with Gasteiger partial charge >= 0.3 is 0 Å². The normalized spacial score (nSPS) is 14.7. The molecule has 16 heavy (non-hydrogen) atoms. The molecular weight excluding hydrogens is 229 g/mol. The summed E-state index contributed by atoms with van der Waals surface area (Å²) in [6, 6.07) is 3.89. The first-order valence-corrected chi connectivity index (χ1v) is 6.72. The van der Waals surface area contributed by atoms with Gasteiger partial charge in [-0.25, -0.2) is 4.39 Å². The van der Waals surface area contributed by atoms with Crippen LogP contribution in [-0.4, -0.2) is 27.4 Å². The standard InChI is InChI=1S/C11H16FNO2S/c1-8(7-16(2)15)13-6-9-5-10(12)3-4-11(9)14/h3-5,8,13-14H,6-7H2,1-2H3. The lowest BCUT2D eigenvalue weighted by Crippen LogP contribution is -2.30. The second kappa shape index (κ2) is 5.96. The van der Waals surface area contributed by atoms with Crippen molar-refractivity contribution >= 4 is 10.8 Å². The second-order valence-corrected chi connectivity index (χ2v) is 5.27. The third-order valence-corrected chi connectivity index (χ3v) is 3.14. The molecule has 2 atom stereocenters. The number of hydrogen-bond donors (Lipinski definition) is 2. The fraction of sp³-hybridized carbons (Fsp3) is 0.455. The van der Waals surface area contributed by atoms with E-state index in [2.05, 4.69) is 5.32 Å². The zero-order valence-corrected chi connectivity index (χ0v) is 10.2. The first kappa shape index (κ1) is 13.1. The summed E-state index contributed by atoms with van der Waals surface area (Å²) < 4.78 is 23.8. The molecule has 90 valence electrons. The molecule has 0 heterocycles. The Morgan fingerprint density at radius 1 is 1.56 bits per heavy atom. The Kier molecular flexibility index (Phi) is 4.89. The van der Waals surface area contributed by atoms with E-state index in [1.165, 1.54) is 18.2 Å². The molecule has 0 saturated heterocycles. The van der Waals surface area contributed by atoms with E-state index in [9.17, 15) is 13.7 Å². The number of nitrogens with one attached hydrogen (secondary N) is 1. The van der Waals surface area contributed by atoms with E-state index in [1.807, 2.05) is 6.92 Å². The summed E-state index contributed by atoms with van der Waals surface area (Å²) in [6.07, 6.45) is 1.64. The van der Waals surface area contributed by atoms with Gasteiger partial charge in [-0.1, -0.05) is 0 Å². The molecule has 1 rings (SSSR count). The number of phenols is 1. The Morgan fingerprint density at radius 2 is 2.25 bits per heavy atom. The van der Waals surface area contributed by atoms with Crippen LogP contribution in [0.25, 0.3) is 0 Å². The molecule has 5 heteroatoms. The molecular formula is C11H16FNO2S. The fourth-order valence-corrected chi connectivity index (χ4v) is 2.21. The molecule has 0 aliphatic rings. The highest BCUT2D eigenvalue weighted by atomic mass is 32.2. The highest BCUT2D eigenvalue weighted by Crippen LogP contribution is 2.17. The van der Waals surface area contributed by atoms with Crippen molar-refractivity contribution in [2.45, 2.75) is 19.5 Å². The highest BCUT2D eigenvalue weighted by Gasteiger charge is 2.06. The third kappa shape index (κ3) is 4.28. The van der Waals surface area contributed by atoms with Crippen molar-refractivity contribution in [3.63, 3.8) is 0 Å². The van der Waals surface area contributed by atoms with Crippen LogP contribution in [0, 0.1) is 5.82 Å². The fourth-order valence-electron chi connectivity index (χ4n) is 1.39. The lowest BCUT2D eigenvalue weighted by Gasteiger charge is -2.13. The van der Waals surface area contributed by atoms with Gasteiger partial charge in [0, 0.05) is 41.0 Å².